The van der Waals surface area contributed by atoms with Crippen molar-refractivity contribution in [2.75, 3.05) is 13.1 Å². The van der Waals surface area contributed by atoms with Gasteiger partial charge in [0.15, 0.2) is 0 Å². The zero-order chi connectivity index (χ0) is 13.2. The Balaban J connectivity index is 2.01. The molecule has 0 spiro atoms. The number of rotatable bonds is 4. The molecule has 0 bridgehead atoms. The third-order valence-corrected chi connectivity index (χ3v) is 4.11. The first kappa shape index (κ1) is 13.1. The molecule has 0 aliphatic heterocycles. The van der Waals surface area contributed by atoms with Gasteiger partial charge in [-0.1, -0.05) is 24.1 Å². The van der Waals surface area contributed by atoms with Gasteiger partial charge in [-0.05, 0) is 50.3 Å². The number of aryl methyl sites for hydroxylation is 2. The van der Waals surface area contributed by atoms with Crippen molar-refractivity contribution in [1.29, 1.82) is 0 Å². The molecule has 1 aromatic carbocycles. The van der Waals surface area contributed by atoms with Crippen LogP contribution < -0.4 is 11.1 Å². The van der Waals surface area contributed by atoms with Crippen molar-refractivity contribution in [3.05, 3.63) is 34.9 Å². The fourth-order valence-electron chi connectivity index (χ4n) is 2.47. The van der Waals surface area contributed by atoms with Crippen molar-refractivity contribution in [3.63, 3.8) is 0 Å². The highest BCUT2D eigenvalue weighted by atomic mass is 16.1. The smallest absolute Gasteiger partial charge is 0.251 e. The summed E-state index contributed by atoms with van der Waals surface area (Å²) >= 11 is 0. The van der Waals surface area contributed by atoms with Gasteiger partial charge in [0.05, 0.1) is 0 Å². The van der Waals surface area contributed by atoms with E-state index >= 15 is 0 Å². The summed E-state index contributed by atoms with van der Waals surface area (Å²) in [6, 6.07) is 5.96. The lowest BCUT2D eigenvalue weighted by Crippen LogP contribution is -2.47. The predicted octanol–water partition coefficient (Wildman–Crippen LogP) is 2.16. The van der Waals surface area contributed by atoms with Crippen LogP contribution in [0.3, 0.4) is 0 Å². The Morgan fingerprint density at radius 3 is 2.67 bits per heavy atom. The molecule has 0 atom stereocenters. The Morgan fingerprint density at radius 2 is 2.11 bits per heavy atom. The largest absolute Gasteiger partial charge is 0.351 e. The Hall–Kier alpha value is -1.35. The van der Waals surface area contributed by atoms with Crippen LogP contribution in [0, 0.1) is 19.3 Å². The van der Waals surface area contributed by atoms with E-state index < -0.39 is 0 Å². The van der Waals surface area contributed by atoms with Gasteiger partial charge in [0.1, 0.15) is 0 Å². The highest BCUT2D eigenvalue weighted by Gasteiger charge is 2.35. The van der Waals surface area contributed by atoms with E-state index in [0.717, 1.165) is 29.5 Å². The lowest BCUT2D eigenvalue weighted by molar-refractivity contribution is 0.0875. The highest BCUT2D eigenvalue weighted by Crippen LogP contribution is 2.39. The van der Waals surface area contributed by atoms with Gasteiger partial charge in [0, 0.05) is 12.1 Å². The topological polar surface area (TPSA) is 55.1 Å². The first-order valence-corrected chi connectivity index (χ1v) is 6.62. The van der Waals surface area contributed by atoms with Crippen LogP contribution in [0.4, 0.5) is 0 Å². The molecule has 1 saturated carbocycles. The van der Waals surface area contributed by atoms with Crippen LogP contribution in [-0.2, 0) is 0 Å². The number of amides is 1. The summed E-state index contributed by atoms with van der Waals surface area (Å²) in [5.74, 6) is 0.0240. The van der Waals surface area contributed by atoms with E-state index in [4.69, 9.17) is 5.73 Å². The van der Waals surface area contributed by atoms with Gasteiger partial charge in [-0.2, -0.15) is 0 Å². The Bertz CT molecular complexity index is 444. The SMILES string of the molecule is Cc1ccc(C)c(C(=O)NCC2(CN)CCC2)c1. The lowest BCUT2D eigenvalue weighted by Gasteiger charge is -2.41. The van der Waals surface area contributed by atoms with Gasteiger partial charge in [-0.25, -0.2) is 0 Å². The average molecular weight is 246 g/mol. The highest BCUT2D eigenvalue weighted by molar-refractivity contribution is 5.95. The number of nitrogens with two attached hydrogens (primary N) is 1. The van der Waals surface area contributed by atoms with E-state index in [1.807, 2.05) is 32.0 Å². The molecule has 18 heavy (non-hydrogen) atoms. The maximum absolute atomic E-state index is 12.2. The molecule has 3 N–H and O–H groups in total. The zero-order valence-corrected chi connectivity index (χ0v) is 11.3. The van der Waals surface area contributed by atoms with Gasteiger partial charge in [-0.3, -0.25) is 4.79 Å². The second-order valence-corrected chi connectivity index (χ2v) is 5.56. The van der Waals surface area contributed by atoms with Crippen molar-refractivity contribution in [3.8, 4) is 0 Å². The standard InChI is InChI=1S/C15H22N2O/c1-11-4-5-12(2)13(8-11)14(18)17-10-15(9-16)6-3-7-15/h4-5,8H,3,6-7,9-10,16H2,1-2H3,(H,17,18). The number of nitrogens with one attached hydrogen (secondary N) is 1. The van der Waals surface area contributed by atoms with Gasteiger partial charge in [0.25, 0.3) is 5.91 Å². The molecule has 1 amide bonds. The molecular formula is C15H22N2O. The van der Waals surface area contributed by atoms with Crippen LogP contribution in [0.5, 0.6) is 0 Å². The summed E-state index contributed by atoms with van der Waals surface area (Å²) in [7, 11) is 0. The van der Waals surface area contributed by atoms with E-state index in [1.54, 1.807) is 0 Å². The molecular weight excluding hydrogens is 224 g/mol. The molecule has 3 heteroatoms. The summed E-state index contributed by atoms with van der Waals surface area (Å²) in [4.78, 5) is 12.2. The Morgan fingerprint density at radius 1 is 1.39 bits per heavy atom. The van der Waals surface area contributed by atoms with E-state index in [0.29, 0.717) is 13.1 Å². The van der Waals surface area contributed by atoms with Gasteiger partial charge < -0.3 is 11.1 Å². The minimum atomic E-state index is 0.0240. The van der Waals surface area contributed by atoms with Crippen LogP contribution in [0.15, 0.2) is 18.2 Å². The predicted molar refractivity (Wildman–Crippen MR) is 73.6 cm³/mol. The van der Waals surface area contributed by atoms with Gasteiger partial charge >= 0.3 is 0 Å². The van der Waals surface area contributed by atoms with Crippen LogP contribution in [0.2, 0.25) is 0 Å². The minimum absolute atomic E-state index is 0.0240. The molecule has 0 aromatic heterocycles. The maximum Gasteiger partial charge on any atom is 0.251 e. The molecule has 0 radical (unpaired) electrons. The van der Waals surface area contributed by atoms with Crippen LogP contribution in [0.25, 0.3) is 0 Å². The van der Waals surface area contributed by atoms with Gasteiger partial charge in [0.2, 0.25) is 0 Å². The third kappa shape index (κ3) is 2.56. The van der Waals surface area contributed by atoms with Crippen molar-refractivity contribution in [1.82, 2.24) is 5.32 Å². The minimum Gasteiger partial charge on any atom is -0.351 e. The van der Waals surface area contributed by atoms with Crippen LogP contribution >= 0.6 is 0 Å². The molecule has 0 unspecified atom stereocenters. The van der Waals surface area contributed by atoms with E-state index in [1.165, 1.54) is 6.42 Å². The van der Waals surface area contributed by atoms with E-state index in [2.05, 4.69) is 5.32 Å². The van der Waals surface area contributed by atoms with Crippen molar-refractivity contribution >= 4 is 5.91 Å². The summed E-state index contributed by atoms with van der Waals surface area (Å²) in [5, 5.41) is 3.04. The van der Waals surface area contributed by atoms with Crippen LogP contribution in [-0.4, -0.2) is 19.0 Å². The monoisotopic (exact) mass is 246 g/mol. The molecule has 1 aliphatic carbocycles. The average Bonchev–Trinajstić information content (AvgIpc) is 2.31. The fourth-order valence-corrected chi connectivity index (χ4v) is 2.47. The fraction of sp³-hybridized carbons (Fsp3) is 0.533. The molecule has 0 saturated heterocycles. The normalized spacial score (nSPS) is 17.1. The number of hydrogen-bond donors (Lipinski definition) is 2. The first-order chi connectivity index (χ1) is 8.56. The van der Waals surface area contributed by atoms with E-state index in [9.17, 15) is 4.79 Å². The number of carbonyl (C=O) groups is 1. The molecule has 1 aromatic rings. The second kappa shape index (κ2) is 5.11. The molecule has 0 heterocycles. The first-order valence-electron chi connectivity index (χ1n) is 6.62. The quantitative estimate of drug-likeness (QED) is 0.855. The molecule has 1 aliphatic rings. The third-order valence-electron chi connectivity index (χ3n) is 4.11. The molecule has 1 fully saturated rings. The van der Waals surface area contributed by atoms with Crippen molar-refractivity contribution in [2.45, 2.75) is 33.1 Å². The number of carbonyl (C=O) groups excluding carboxylic acids is 1. The zero-order valence-electron chi connectivity index (χ0n) is 11.3. The molecule has 2 rings (SSSR count). The number of benzene rings is 1. The Kier molecular flexibility index (Phi) is 3.71. The summed E-state index contributed by atoms with van der Waals surface area (Å²) in [5.41, 5.74) is 8.87. The van der Waals surface area contributed by atoms with Gasteiger partial charge in [-0.15, -0.1) is 0 Å². The van der Waals surface area contributed by atoms with Crippen molar-refractivity contribution < 1.29 is 4.79 Å². The van der Waals surface area contributed by atoms with Crippen LogP contribution in [0.1, 0.15) is 40.7 Å². The summed E-state index contributed by atoms with van der Waals surface area (Å²) < 4.78 is 0. The summed E-state index contributed by atoms with van der Waals surface area (Å²) in [6.45, 7) is 5.34. The second-order valence-electron chi connectivity index (χ2n) is 5.56. The van der Waals surface area contributed by atoms with Crippen molar-refractivity contribution in [2.24, 2.45) is 11.1 Å². The Labute approximate surface area is 109 Å². The molecule has 3 nitrogen and oxygen atoms in total. The summed E-state index contributed by atoms with van der Waals surface area (Å²) in [6.07, 6.45) is 3.50. The maximum atomic E-state index is 12.2. The molecule has 98 valence electrons. The van der Waals surface area contributed by atoms with E-state index in [-0.39, 0.29) is 11.3 Å². The number of hydrogen-bond acceptors (Lipinski definition) is 2. The lowest BCUT2D eigenvalue weighted by atomic mass is 9.69.